The molecule has 49 heavy (non-hydrogen) atoms. The molecule has 0 N–H and O–H groups in total. The molecule has 2 aliphatic rings. The Balaban J connectivity index is -0.000000231. The summed E-state index contributed by atoms with van der Waals surface area (Å²) < 4.78 is 0. The van der Waals surface area contributed by atoms with Crippen molar-refractivity contribution >= 4 is 31.7 Å². The maximum absolute atomic E-state index is 3.87. The van der Waals surface area contributed by atoms with E-state index < -0.39 is 16.1 Å². The van der Waals surface area contributed by atoms with Gasteiger partial charge in [-0.05, 0) is 0 Å². The van der Waals surface area contributed by atoms with E-state index in [-0.39, 0.29) is 98.1 Å². The third-order valence-electron chi connectivity index (χ3n) is 11.1. The fourth-order valence-corrected chi connectivity index (χ4v) is 14.8. The number of benzene rings is 3. The predicted molar refractivity (Wildman–Crippen MR) is 224 cm³/mol. The summed E-state index contributed by atoms with van der Waals surface area (Å²) in [6.45, 7) is 25.7. The van der Waals surface area contributed by atoms with Crippen molar-refractivity contribution in [2.75, 3.05) is 0 Å². The van der Waals surface area contributed by atoms with Gasteiger partial charge in [0.1, 0.15) is 8.07 Å². The minimum atomic E-state index is -2.03. The van der Waals surface area contributed by atoms with E-state index in [1.165, 1.54) is 49.0 Å². The topological polar surface area (TPSA) is 0 Å². The molecule has 3 aromatic carbocycles. The third kappa shape index (κ3) is 9.88. The van der Waals surface area contributed by atoms with Crippen LogP contribution in [0.2, 0.25) is 29.7 Å². The Hall–Kier alpha value is -1.52. The molecule has 0 nitrogen and oxygen atoms in total. The Kier molecular flexibility index (Phi) is 25.2. The zero-order valence-electron chi connectivity index (χ0n) is 34.2. The second-order valence-corrected chi connectivity index (χ2v) is 22.3. The Bertz CT molecular complexity index is 1490. The van der Waals surface area contributed by atoms with Crippen molar-refractivity contribution in [3.05, 3.63) is 181 Å². The third-order valence-corrected chi connectivity index (χ3v) is 21.3. The van der Waals surface area contributed by atoms with Crippen LogP contribution in [0.5, 0.6) is 0 Å². The maximum atomic E-state index is 3.87. The molecule has 2 aliphatic carbocycles. The molecule has 0 aromatic heterocycles. The fraction of sp³-hybridized carbons (Fsp3) is 0.289. The number of rotatable bonds is 5. The molecule has 0 aliphatic heterocycles. The molecule has 0 radical (unpaired) electrons. The quantitative estimate of drug-likeness (QED) is 0.180. The second-order valence-electron chi connectivity index (χ2n) is 13.1. The van der Waals surface area contributed by atoms with Crippen LogP contribution >= 0.6 is 0 Å². The van der Waals surface area contributed by atoms with Gasteiger partial charge in [-0.25, -0.2) is 11.1 Å². The molecule has 2 unspecified atom stereocenters. The summed E-state index contributed by atoms with van der Waals surface area (Å²) >= 11 is 0. The number of allylic oxidation sites excluding steroid dienone is 8. The van der Waals surface area contributed by atoms with E-state index in [0.29, 0.717) is 0 Å². The first-order valence-corrected chi connectivity index (χ1v) is 20.5. The van der Waals surface area contributed by atoms with Gasteiger partial charge < -0.3 is 44.6 Å². The zero-order valence-corrected chi connectivity index (χ0v) is 39.3. The largest absolute Gasteiger partial charge is 4.00 e. The van der Waals surface area contributed by atoms with Gasteiger partial charge in [0.05, 0.1) is 8.07 Å². The van der Waals surface area contributed by atoms with Crippen LogP contribution in [-0.4, -0.2) is 16.1 Å². The van der Waals surface area contributed by atoms with Crippen molar-refractivity contribution in [3.63, 3.8) is 0 Å². The standard InChI is InChI=1S/C22H25Si.C17H23Si.6CH3.2Ti/c1-17-16-22(4,19(3)18(17)2)23(5,20-12-8-6-9-13-20)21-14-10-7-11-15-21;1-13-12-17(4,15(3)14(13)2)18(5,6)16-10-8-7-9-11-16;;;;;;;;/h6-15H,1-5H3;7-11H,1-6H3;6*1H3;;/q8*-1;2*+4. The predicted octanol–water partition coefficient (Wildman–Crippen LogP) is 11.9. The molecule has 3 aromatic rings. The van der Waals surface area contributed by atoms with Gasteiger partial charge in [0.25, 0.3) is 0 Å². The molecule has 262 valence electrons. The molecule has 4 heteroatoms. The van der Waals surface area contributed by atoms with Gasteiger partial charge in [0.15, 0.2) is 0 Å². The summed E-state index contributed by atoms with van der Waals surface area (Å²) in [5.74, 6) is 0. The molecule has 0 fully saturated rings. The summed E-state index contributed by atoms with van der Waals surface area (Å²) in [6, 6.07) is 33.1. The van der Waals surface area contributed by atoms with Crippen LogP contribution in [0, 0.1) is 56.7 Å². The summed E-state index contributed by atoms with van der Waals surface area (Å²) in [4.78, 5) is 0. The second kappa shape index (κ2) is 21.8. The van der Waals surface area contributed by atoms with Crippen molar-refractivity contribution in [2.45, 2.75) is 85.1 Å². The first-order valence-electron chi connectivity index (χ1n) is 15.0. The molecule has 0 heterocycles. The average molecular weight is 759 g/mol. The van der Waals surface area contributed by atoms with Crippen molar-refractivity contribution in [2.24, 2.45) is 0 Å². The van der Waals surface area contributed by atoms with Crippen molar-refractivity contribution in [3.8, 4) is 0 Å². The summed E-state index contributed by atoms with van der Waals surface area (Å²) in [6.07, 6.45) is 7.64. The molecule has 0 amide bonds. The van der Waals surface area contributed by atoms with Gasteiger partial charge in [-0.15, -0.1) is 13.8 Å². The maximum Gasteiger partial charge on any atom is 4.00 e. The van der Waals surface area contributed by atoms with Crippen molar-refractivity contribution < 1.29 is 43.4 Å². The first kappa shape index (κ1) is 56.8. The molecular weight excluding hydrogens is 692 g/mol. The van der Waals surface area contributed by atoms with E-state index in [0.717, 1.165) is 0 Å². The molecule has 0 saturated carbocycles. The Morgan fingerprint density at radius 1 is 0.429 bits per heavy atom. The Morgan fingerprint density at radius 3 is 0.959 bits per heavy atom. The van der Waals surface area contributed by atoms with Gasteiger partial charge in [-0.2, -0.15) is 22.3 Å². The van der Waals surface area contributed by atoms with Gasteiger partial charge in [0, 0.05) is 0 Å². The van der Waals surface area contributed by atoms with Crippen molar-refractivity contribution in [1.82, 2.24) is 0 Å². The molecule has 0 spiro atoms. The van der Waals surface area contributed by atoms with E-state index in [1.54, 1.807) is 0 Å². The molecule has 0 saturated heterocycles. The normalized spacial score (nSPS) is 19.1. The van der Waals surface area contributed by atoms with E-state index >= 15 is 0 Å². The fourth-order valence-electron chi connectivity index (χ4n) is 6.99. The Morgan fingerprint density at radius 2 is 0.694 bits per heavy atom. The van der Waals surface area contributed by atoms with E-state index in [9.17, 15) is 0 Å². The van der Waals surface area contributed by atoms with Crippen LogP contribution in [-0.2, 0) is 43.4 Å². The van der Waals surface area contributed by atoms with E-state index in [4.69, 9.17) is 0 Å². The van der Waals surface area contributed by atoms with E-state index in [1.807, 2.05) is 0 Å². The summed E-state index contributed by atoms with van der Waals surface area (Å²) in [5, 5.41) is 4.58. The van der Waals surface area contributed by atoms with E-state index in [2.05, 4.69) is 178 Å². The minimum Gasteiger partial charge on any atom is -0.358 e. The number of hydrogen-bond acceptors (Lipinski definition) is 0. The average Bonchev–Trinajstić information content (AvgIpc) is 3.32. The van der Waals surface area contributed by atoms with Crippen LogP contribution in [0.3, 0.4) is 0 Å². The van der Waals surface area contributed by atoms with Gasteiger partial charge in [0.2, 0.25) is 0 Å². The van der Waals surface area contributed by atoms with Gasteiger partial charge in [-0.3, -0.25) is 12.2 Å². The van der Waals surface area contributed by atoms with Crippen LogP contribution < -0.4 is 15.6 Å². The van der Waals surface area contributed by atoms with Crippen molar-refractivity contribution in [1.29, 1.82) is 0 Å². The van der Waals surface area contributed by atoms with Crippen LogP contribution in [0.4, 0.5) is 0 Å². The molecule has 2 atom stereocenters. The molecule has 0 bridgehead atoms. The SMILES string of the molecule is CC1=[C-]C(C)([Si](C)(C)c2ccccc2)C(C)=C1C.CC1=[C-]C(C)([Si](C)(c2ccccc2)c2ccccc2)C(C)=C1C.[CH3-].[CH3-].[CH3-].[CH3-].[CH3-].[CH3-].[Ti+4].[Ti+4]. The van der Waals surface area contributed by atoms with Crippen LogP contribution in [0.15, 0.2) is 124 Å². The van der Waals surface area contributed by atoms with Crippen LogP contribution in [0.1, 0.15) is 55.4 Å². The Labute approximate surface area is 338 Å². The summed E-state index contributed by atoms with van der Waals surface area (Å²) in [7, 11) is -3.64. The molecular formula is C45H66Si2Ti2. The number of hydrogen-bond donors (Lipinski definition) is 0. The first-order chi connectivity index (χ1) is 19.2. The summed E-state index contributed by atoms with van der Waals surface area (Å²) in [5.41, 5.74) is 8.51. The van der Waals surface area contributed by atoms with Crippen LogP contribution in [0.25, 0.3) is 0 Å². The smallest absolute Gasteiger partial charge is 0.358 e. The monoisotopic (exact) mass is 758 g/mol. The zero-order chi connectivity index (χ0) is 30.2. The minimum absolute atomic E-state index is 0. The van der Waals surface area contributed by atoms with Gasteiger partial charge >= 0.3 is 43.4 Å². The molecule has 5 rings (SSSR count). The van der Waals surface area contributed by atoms with Gasteiger partial charge in [-0.1, -0.05) is 178 Å².